The monoisotopic (exact) mass is 587 g/mol. The zero-order chi connectivity index (χ0) is 23.9. The lowest BCUT2D eigenvalue weighted by Crippen LogP contribution is -2.08. The van der Waals surface area contributed by atoms with Gasteiger partial charge >= 0.3 is 11.9 Å². The van der Waals surface area contributed by atoms with Crippen LogP contribution in [0.15, 0.2) is 104 Å². The van der Waals surface area contributed by atoms with Crippen molar-refractivity contribution in [3.8, 4) is 22.9 Å². The fourth-order valence-corrected chi connectivity index (χ4v) is 4.78. The molecule has 170 valence electrons. The van der Waals surface area contributed by atoms with Crippen LogP contribution in [0.25, 0.3) is 38.9 Å². The van der Waals surface area contributed by atoms with Gasteiger partial charge in [0.1, 0.15) is 5.75 Å². The molecule has 0 atom stereocenters. The molecule has 6 nitrogen and oxygen atoms in total. The van der Waals surface area contributed by atoms with E-state index in [1.807, 2.05) is 42.5 Å². The molecular weight excluding hydrogens is 574 g/mol. The topological polar surface area (TPSA) is 70.2 Å². The maximum absolute atomic E-state index is 12.4. The van der Waals surface area contributed by atoms with Gasteiger partial charge < -0.3 is 13.7 Å². The molecule has 2 aromatic heterocycles. The third-order valence-electron chi connectivity index (χ3n) is 5.60. The Balaban J connectivity index is 1.42. The fourth-order valence-electron chi connectivity index (χ4n) is 4.08. The first kappa shape index (κ1) is 21.8. The highest BCUT2D eigenvalue weighted by molar-refractivity contribution is 9.10. The SMILES string of the molecule is O=C(Oc1ccccc1)c1nnc(-c2cccc(-n3c4cc(Br)ccc4c4ccc(Br)cc43)c2)o1. The number of para-hydroxylation sites is 1. The minimum absolute atomic E-state index is 0.209. The largest absolute Gasteiger partial charge is 0.419 e. The molecule has 6 aromatic rings. The van der Waals surface area contributed by atoms with Crippen LogP contribution in [0.5, 0.6) is 5.75 Å². The van der Waals surface area contributed by atoms with Gasteiger partial charge in [-0.1, -0.05) is 68.3 Å². The lowest BCUT2D eigenvalue weighted by Gasteiger charge is -2.09. The van der Waals surface area contributed by atoms with E-state index < -0.39 is 5.97 Å². The smallest absolute Gasteiger partial charge is 0.401 e. The lowest BCUT2D eigenvalue weighted by atomic mass is 10.2. The van der Waals surface area contributed by atoms with Crippen molar-refractivity contribution in [2.24, 2.45) is 0 Å². The van der Waals surface area contributed by atoms with E-state index in [2.05, 4.69) is 70.9 Å². The molecule has 0 unspecified atom stereocenters. The van der Waals surface area contributed by atoms with E-state index in [1.165, 1.54) is 0 Å². The molecule has 0 aliphatic rings. The van der Waals surface area contributed by atoms with Crippen molar-refractivity contribution in [2.75, 3.05) is 0 Å². The molecule has 0 aliphatic heterocycles. The summed E-state index contributed by atoms with van der Waals surface area (Å²) >= 11 is 7.20. The van der Waals surface area contributed by atoms with Crippen molar-refractivity contribution in [1.82, 2.24) is 14.8 Å². The number of carbonyl (C=O) groups is 1. The molecule has 8 heteroatoms. The van der Waals surface area contributed by atoms with Gasteiger partial charge in [-0.25, -0.2) is 4.79 Å². The molecule has 0 fully saturated rings. The second-order valence-corrected chi connectivity index (χ2v) is 9.65. The number of hydrogen-bond donors (Lipinski definition) is 0. The van der Waals surface area contributed by atoms with E-state index in [0.29, 0.717) is 11.3 Å². The van der Waals surface area contributed by atoms with E-state index >= 15 is 0 Å². The summed E-state index contributed by atoms with van der Waals surface area (Å²) in [5, 5.41) is 10.3. The average molecular weight is 589 g/mol. The summed E-state index contributed by atoms with van der Waals surface area (Å²) in [6, 6.07) is 29.0. The summed E-state index contributed by atoms with van der Waals surface area (Å²) in [6.45, 7) is 0. The number of aromatic nitrogens is 3. The number of carbonyl (C=O) groups excluding carboxylic acids is 1. The van der Waals surface area contributed by atoms with Gasteiger partial charge in [-0.15, -0.1) is 10.2 Å². The standard InChI is InChI=1S/C27H15Br2N3O3/c28-17-9-11-21-22-12-10-18(29)15-24(22)32(23(21)14-17)19-6-4-5-16(13-19)25-30-31-26(35-25)27(33)34-20-7-2-1-3-8-20/h1-15H. The van der Waals surface area contributed by atoms with Crippen LogP contribution >= 0.6 is 31.9 Å². The Morgan fingerprint density at radius 1 is 0.771 bits per heavy atom. The van der Waals surface area contributed by atoms with Gasteiger partial charge in [0.2, 0.25) is 5.89 Å². The highest BCUT2D eigenvalue weighted by Gasteiger charge is 2.19. The summed E-state index contributed by atoms with van der Waals surface area (Å²) < 4.78 is 15.1. The molecule has 2 heterocycles. The second-order valence-electron chi connectivity index (χ2n) is 7.82. The Morgan fingerprint density at radius 3 is 2.14 bits per heavy atom. The van der Waals surface area contributed by atoms with Gasteiger partial charge in [0, 0.05) is 31.0 Å². The summed E-state index contributed by atoms with van der Waals surface area (Å²) in [7, 11) is 0. The molecular formula is C27H15Br2N3O3. The number of ether oxygens (including phenoxy) is 1. The first-order valence-electron chi connectivity index (χ1n) is 10.7. The Hall–Kier alpha value is -3.75. The highest BCUT2D eigenvalue weighted by Crippen LogP contribution is 2.36. The molecule has 0 saturated heterocycles. The summed E-state index contributed by atoms with van der Waals surface area (Å²) in [5.41, 5.74) is 3.73. The van der Waals surface area contributed by atoms with E-state index in [-0.39, 0.29) is 11.8 Å². The van der Waals surface area contributed by atoms with Crippen molar-refractivity contribution >= 4 is 59.6 Å². The molecule has 0 N–H and O–H groups in total. The van der Waals surface area contributed by atoms with Crippen LogP contribution in [0.4, 0.5) is 0 Å². The number of halogens is 2. The normalized spacial score (nSPS) is 11.3. The maximum atomic E-state index is 12.4. The molecule has 0 radical (unpaired) electrons. The first-order valence-corrected chi connectivity index (χ1v) is 12.3. The van der Waals surface area contributed by atoms with E-state index in [1.54, 1.807) is 24.3 Å². The van der Waals surface area contributed by atoms with E-state index in [9.17, 15) is 4.79 Å². The van der Waals surface area contributed by atoms with Gasteiger partial charge in [0.25, 0.3) is 0 Å². The van der Waals surface area contributed by atoms with Crippen molar-refractivity contribution in [3.63, 3.8) is 0 Å². The Kier molecular flexibility index (Phi) is 5.47. The number of esters is 1. The lowest BCUT2D eigenvalue weighted by molar-refractivity contribution is 0.0693. The molecule has 0 bridgehead atoms. The predicted molar refractivity (Wildman–Crippen MR) is 141 cm³/mol. The third-order valence-corrected chi connectivity index (χ3v) is 6.58. The van der Waals surface area contributed by atoms with Crippen molar-refractivity contribution < 1.29 is 13.9 Å². The van der Waals surface area contributed by atoms with Gasteiger partial charge in [-0.3, -0.25) is 0 Å². The average Bonchev–Trinajstić information content (AvgIpc) is 3.47. The van der Waals surface area contributed by atoms with Crippen LogP contribution in [0, 0.1) is 0 Å². The molecule has 6 rings (SSSR count). The zero-order valence-electron chi connectivity index (χ0n) is 18.0. The maximum Gasteiger partial charge on any atom is 0.401 e. The predicted octanol–water partition coefficient (Wildman–Crippen LogP) is 7.58. The minimum atomic E-state index is -0.705. The second kappa shape index (κ2) is 8.79. The summed E-state index contributed by atoms with van der Waals surface area (Å²) in [4.78, 5) is 12.4. The molecule has 0 saturated carbocycles. The number of hydrogen-bond acceptors (Lipinski definition) is 5. The summed E-state index contributed by atoms with van der Waals surface area (Å²) in [6.07, 6.45) is 0. The zero-order valence-corrected chi connectivity index (χ0v) is 21.2. The van der Waals surface area contributed by atoms with E-state index in [0.717, 1.165) is 36.4 Å². The number of rotatable bonds is 4. The minimum Gasteiger partial charge on any atom is -0.419 e. The van der Waals surface area contributed by atoms with Gasteiger partial charge in [-0.05, 0) is 54.6 Å². The van der Waals surface area contributed by atoms with Gasteiger partial charge in [0.15, 0.2) is 0 Å². The van der Waals surface area contributed by atoms with Crippen LogP contribution in [0.2, 0.25) is 0 Å². The van der Waals surface area contributed by atoms with Crippen molar-refractivity contribution in [2.45, 2.75) is 0 Å². The molecule has 4 aromatic carbocycles. The number of nitrogens with zero attached hydrogens (tertiary/aromatic N) is 3. The van der Waals surface area contributed by atoms with Crippen LogP contribution in [-0.4, -0.2) is 20.7 Å². The van der Waals surface area contributed by atoms with Crippen LogP contribution in [0.1, 0.15) is 10.7 Å². The quantitative estimate of drug-likeness (QED) is 0.157. The molecule has 35 heavy (non-hydrogen) atoms. The Labute approximate surface area is 216 Å². The Bertz CT molecular complexity index is 1670. The first-order chi connectivity index (χ1) is 17.1. The van der Waals surface area contributed by atoms with Crippen molar-refractivity contribution in [1.29, 1.82) is 0 Å². The molecule has 0 spiro atoms. The van der Waals surface area contributed by atoms with Crippen molar-refractivity contribution in [3.05, 3.63) is 106 Å². The van der Waals surface area contributed by atoms with Gasteiger partial charge in [-0.2, -0.15) is 0 Å². The van der Waals surface area contributed by atoms with Gasteiger partial charge in [0.05, 0.1) is 11.0 Å². The fraction of sp³-hybridized carbons (Fsp3) is 0. The van der Waals surface area contributed by atoms with Crippen LogP contribution < -0.4 is 4.74 Å². The number of benzene rings is 4. The Morgan fingerprint density at radius 2 is 1.46 bits per heavy atom. The molecule has 0 amide bonds. The number of fused-ring (bicyclic) bond motifs is 3. The van der Waals surface area contributed by atoms with Crippen LogP contribution in [-0.2, 0) is 0 Å². The third kappa shape index (κ3) is 4.05. The highest BCUT2D eigenvalue weighted by atomic mass is 79.9. The van der Waals surface area contributed by atoms with Crippen LogP contribution in [0.3, 0.4) is 0 Å². The summed E-state index contributed by atoms with van der Waals surface area (Å²) in [5.74, 6) is -0.278. The van der Waals surface area contributed by atoms with E-state index in [4.69, 9.17) is 9.15 Å². The molecule has 0 aliphatic carbocycles.